The summed E-state index contributed by atoms with van der Waals surface area (Å²) in [6.07, 6.45) is -7.01. The number of hydrogen-bond donors (Lipinski definition) is 5. The second kappa shape index (κ2) is 6.46. The van der Waals surface area contributed by atoms with Crippen LogP contribution in [0, 0.1) is 0 Å². The zero-order chi connectivity index (χ0) is 15.6. The third-order valence-corrected chi connectivity index (χ3v) is 3.27. The number of ether oxygens (including phenoxy) is 3. The van der Waals surface area contributed by atoms with Crippen molar-refractivity contribution in [2.75, 3.05) is 13.7 Å². The summed E-state index contributed by atoms with van der Waals surface area (Å²) in [5.41, 5.74) is 0. The molecule has 5 atom stereocenters. The lowest BCUT2D eigenvalue weighted by Crippen LogP contribution is -2.60. The fourth-order valence-electron chi connectivity index (χ4n) is 2.05. The van der Waals surface area contributed by atoms with E-state index in [2.05, 4.69) is 0 Å². The van der Waals surface area contributed by atoms with E-state index in [0.29, 0.717) is 0 Å². The Bertz CT molecular complexity index is 477. The summed E-state index contributed by atoms with van der Waals surface area (Å²) in [6.45, 7) is -0.561. The molecule has 1 aliphatic rings. The number of methoxy groups -OCH3 is 1. The number of phenolic OH excluding ortho intramolecular Hbond substituents is 1. The third-order valence-electron chi connectivity index (χ3n) is 3.27. The van der Waals surface area contributed by atoms with Crippen LogP contribution in [0.4, 0.5) is 0 Å². The minimum Gasteiger partial charge on any atom is -0.502 e. The Balaban J connectivity index is 2.18. The van der Waals surface area contributed by atoms with Crippen molar-refractivity contribution in [3.05, 3.63) is 18.2 Å². The first kappa shape index (κ1) is 15.8. The molecule has 1 aliphatic heterocycles. The molecule has 21 heavy (non-hydrogen) atoms. The molecule has 1 heterocycles. The summed E-state index contributed by atoms with van der Waals surface area (Å²) in [6, 6.07) is 4.48. The Morgan fingerprint density at radius 3 is 2.38 bits per heavy atom. The molecule has 0 aromatic heterocycles. The van der Waals surface area contributed by atoms with E-state index < -0.39 is 37.3 Å². The van der Waals surface area contributed by atoms with Crippen molar-refractivity contribution in [2.45, 2.75) is 30.7 Å². The van der Waals surface area contributed by atoms with Gasteiger partial charge in [-0.25, -0.2) is 0 Å². The van der Waals surface area contributed by atoms with E-state index >= 15 is 0 Å². The fourth-order valence-corrected chi connectivity index (χ4v) is 2.05. The largest absolute Gasteiger partial charge is 0.502 e. The van der Waals surface area contributed by atoms with Gasteiger partial charge >= 0.3 is 0 Å². The monoisotopic (exact) mass is 302 g/mol. The number of aromatic hydroxyl groups is 1. The fraction of sp³-hybridized carbons (Fsp3) is 0.538. The number of phenols is 1. The zero-order valence-electron chi connectivity index (χ0n) is 11.3. The Morgan fingerprint density at radius 2 is 1.76 bits per heavy atom. The molecule has 1 unspecified atom stereocenters. The van der Waals surface area contributed by atoms with Crippen LogP contribution in [0.15, 0.2) is 18.2 Å². The molecule has 1 fully saturated rings. The van der Waals surface area contributed by atoms with Gasteiger partial charge < -0.3 is 39.7 Å². The van der Waals surface area contributed by atoms with Crippen molar-refractivity contribution in [1.29, 1.82) is 0 Å². The van der Waals surface area contributed by atoms with Crippen LogP contribution in [0.5, 0.6) is 17.2 Å². The molecule has 2 rings (SSSR count). The Kier molecular flexibility index (Phi) is 4.86. The summed E-state index contributed by atoms with van der Waals surface area (Å²) in [4.78, 5) is 0. The number of benzene rings is 1. The molecule has 1 saturated heterocycles. The highest BCUT2D eigenvalue weighted by molar-refractivity contribution is 5.49. The van der Waals surface area contributed by atoms with Gasteiger partial charge in [0, 0.05) is 0 Å². The van der Waals surface area contributed by atoms with E-state index in [1.807, 2.05) is 0 Å². The first-order valence-corrected chi connectivity index (χ1v) is 6.32. The molecule has 118 valence electrons. The highest BCUT2D eigenvalue weighted by Crippen LogP contribution is 2.37. The second-order valence-corrected chi connectivity index (χ2v) is 4.62. The lowest BCUT2D eigenvalue weighted by Gasteiger charge is -2.39. The van der Waals surface area contributed by atoms with Gasteiger partial charge in [-0.05, 0) is 12.1 Å². The van der Waals surface area contributed by atoms with Crippen LogP contribution in [-0.2, 0) is 4.74 Å². The lowest BCUT2D eigenvalue weighted by molar-refractivity contribution is -0.277. The van der Waals surface area contributed by atoms with Crippen LogP contribution in [-0.4, -0.2) is 70.0 Å². The number of aliphatic hydroxyl groups excluding tert-OH is 4. The molecule has 0 amide bonds. The normalized spacial score (nSPS) is 32.7. The lowest BCUT2D eigenvalue weighted by atomic mass is 9.99. The van der Waals surface area contributed by atoms with Crippen molar-refractivity contribution in [3.63, 3.8) is 0 Å². The second-order valence-electron chi connectivity index (χ2n) is 4.62. The predicted molar refractivity (Wildman–Crippen MR) is 69.1 cm³/mol. The van der Waals surface area contributed by atoms with Crippen molar-refractivity contribution in [3.8, 4) is 17.2 Å². The van der Waals surface area contributed by atoms with Gasteiger partial charge in [-0.15, -0.1) is 0 Å². The summed E-state index contributed by atoms with van der Waals surface area (Å²) >= 11 is 0. The topological polar surface area (TPSA) is 129 Å². The maximum atomic E-state index is 9.90. The number of rotatable bonds is 4. The van der Waals surface area contributed by atoms with Gasteiger partial charge in [-0.2, -0.15) is 0 Å². The molecular weight excluding hydrogens is 284 g/mol. The first-order chi connectivity index (χ1) is 9.99. The molecule has 1 aromatic rings. The van der Waals surface area contributed by atoms with E-state index in [1.54, 1.807) is 6.07 Å². The summed E-state index contributed by atoms with van der Waals surface area (Å²) in [5.74, 6) is -0.160. The molecule has 0 saturated carbocycles. The van der Waals surface area contributed by atoms with E-state index in [-0.39, 0.29) is 17.2 Å². The van der Waals surface area contributed by atoms with Gasteiger partial charge in [-0.1, -0.05) is 6.07 Å². The average Bonchev–Trinajstić information content (AvgIpc) is 2.49. The Labute approximate surface area is 120 Å². The quantitative estimate of drug-likeness (QED) is 0.458. The summed E-state index contributed by atoms with van der Waals surface area (Å²) in [7, 11) is 1.37. The number of aliphatic hydroxyl groups is 4. The van der Waals surface area contributed by atoms with Crippen molar-refractivity contribution >= 4 is 0 Å². The van der Waals surface area contributed by atoms with Crippen molar-refractivity contribution in [1.82, 2.24) is 0 Å². The van der Waals surface area contributed by atoms with Crippen LogP contribution in [0.25, 0.3) is 0 Å². The van der Waals surface area contributed by atoms with Crippen LogP contribution in [0.1, 0.15) is 0 Å². The molecule has 0 aliphatic carbocycles. The molecule has 0 radical (unpaired) electrons. The summed E-state index contributed by atoms with van der Waals surface area (Å²) in [5, 5.41) is 48.1. The van der Waals surface area contributed by atoms with Gasteiger partial charge in [0.2, 0.25) is 12.0 Å². The Hall–Kier alpha value is -1.58. The standard InChI is InChI=1S/C13H18O8/c1-19-6-3-2-4-7(9(6)15)20-13-12(18)11(17)10(16)8(5-14)21-13/h2-4,8,10-18H,5H2,1H3/t8-,10-,11+,12-,13?/m1/s1. The minimum absolute atomic E-state index is 0.0290. The van der Waals surface area contributed by atoms with E-state index in [1.165, 1.54) is 19.2 Å². The maximum absolute atomic E-state index is 9.90. The maximum Gasteiger partial charge on any atom is 0.229 e. The first-order valence-electron chi connectivity index (χ1n) is 6.32. The van der Waals surface area contributed by atoms with E-state index in [0.717, 1.165) is 0 Å². The van der Waals surface area contributed by atoms with E-state index in [4.69, 9.17) is 19.3 Å². The van der Waals surface area contributed by atoms with Crippen LogP contribution < -0.4 is 9.47 Å². The molecule has 8 nitrogen and oxygen atoms in total. The van der Waals surface area contributed by atoms with Crippen LogP contribution >= 0.6 is 0 Å². The van der Waals surface area contributed by atoms with Gasteiger partial charge in [0.25, 0.3) is 0 Å². The molecule has 8 heteroatoms. The van der Waals surface area contributed by atoms with Gasteiger partial charge in [0.15, 0.2) is 11.5 Å². The number of hydrogen-bond acceptors (Lipinski definition) is 8. The van der Waals surface area contributed by atoms with E-state index in [9.17, 15) is 20.4 Å². The molecule has 0 spiro atoms. The predicted octanol–water partition coefficient (Wildman–Crippen LogP) is -1.42. The van der Waals surface area contributed by atoms with Crippen molar-refractivity contribution < 1.29 is 39.7 Å². The van der Waals surface area contributed by atoms with Gasteiger partial charge in [0.05, 0.1) is 13.7 Å². The Morgan fingerprint density at radius 1 is 1.10 bits per heavy atom. The van der Waals surface area contributed by atoms with Gasteiger partial charge in [-0.3, -0.25) is 0 Å². The van der Waals surface area contributed by atoms with Gasteiger partial charge in [0.1, 0.15) is 24.4 Å². The number of para-hydroxylation sites is 1. The van der Waals surface area contributed by atoms with Crippen molar-refractivity contribution in [2.24, 2.45) is 0 Å². The smallest absolute Gasteiger partial charge is 0.229 e. The highest BCUT2D eigenvalue weighted by atomic mass is 16.7. The van der Waals surface area contributed by atoms with Crippen LogP contribution in [0.3, 0.4) is 0 Å². The minimum atomic E-state index is -1.55. The molecular formula is C13H18O8. The zero-order valence-corrected chi connectivity index (χ0v) is 11.3. The molecule has 1 aromatic carbocycles. The highest BCUT2D eigenvalue weighted by Gasteiger charge is 2.44. The summed E-state index contributed by atoms with van der Waals surface area (Å²) < 4.78 is 15.4. The van der Waals surface area contributed by atoms with Crippen LogP contribution in [0.2, 0.25) is 0 Å². The molecule has 0 bridgehead atoms. The average molecular weight is 302 g/mol. The molecule has 5 N–H and O–H groups in total. The third kappa shape index (κ3) is 3.04. The SMILES string of the molecule is COc1cccc(OC2O[C@H](CO)[C@@H](O)[C@H](O)[C@H]2O)c1O.